The molecule has 2 rings (SSSR count). The Hall–Kier alpha value is -0.910. The van der Waals surface area contributed by atoms with E-state index in [4.69, 9.17) is 10.5 Å². The van der Waals surface area contributed by atoms with Crippen molar-refractivity contribution >= 4 is 0 Å². The zero-order chi connectivity index (χ0) is 13.8. The van der Waals surface area contributed by atoms with Crippen LogP contribution in [0.1, 0.15) is 44.8 Å². The first-order chi connectivity index (χ1) is 9.17. The first-order valence-corrected chi connectivity index (χ1v) is 7.27. The zero-order valence-corrected chi connectivity index (χ0v) is 12.2. The Morgan fingerprint density at radius 2 is 2.32 bits per heavy atom. The molecule has 5 nitrogen and oxygen atoms in total. The van der Waals surface area contributed by atoms with Crippen LogP contribution in [0.5, 0.6) is 0 Å². The van der Waals surface area contributed by atoms with Crippen molar-refractivity contribution in [3.8, 4) is 0 Å². The van der Waals surface area contributed by atoms with E-state index in [1.54, 1.807) is 0 Å². The summed E-state index contributed by atoms with van der Waals surface area (Å²) in [6.45, 7) is 9.87. The molecule has 0 aromatic carbocycles. The fraction of sp³-hybridized carbons (Fsp3) is 0.786. The third kappa shape index (κ3) is 3.16. The lowest BCUT2D eigenvalue weighted by Gasteiger charge is -2.40. The van der Waals surface area contributed by atoms with Crippen LogP contribution in [0.2, 0.25) is 0 Å². The van der Waals surface area contributed by atoms with Gasteiger partial charge >= 0.3 is 0 Å². The molecule has 1 aromatic heterocycles. The second-order valence-corrected chi connectivity index (χ2v) is 5.47. The predicted molar refractivity (Wildman–Crippen MR) is 76.0 cm³/mol. The van der Waals surface area contributed by atoms with Crippen LogP contribution in [0.4, 0.5) is 0 Å². The Balaban J connectivity index is 2.23. The van der Waals surface area contributed by atoms with Gasteiger partial charge in [-0.15, -0.1) is 0 Å². The molecule has 1 fully saturated rings. The van der Waals surface area contributed by atoms with E-state index in [-0.39, 0.29) is 12.1 Å². The Labute approximate surface area is 115 Å². The van der Waals surface area contributed by atoms with Gasteiger partial charge in [0.05, 0.1) is 24.9 Å². The minimum absolute atomic E-state index is 0.0742. The SMILES string of the molecule is CCCN1CCOC(CN)C1c1cnn(C(C)C)c1. The van der Waals surface area contributed by atoms with Gasteiger partial charge in [0.15, 0.2) is 0 Å². The maximum atomic E-state index is 5.88. The molecule has 2 unspecified atom stereocenters. The molecule has 19 heavy (non-hydrogen) atoms. The van der Waals surface area contributed by atoms with Gasteiger partial charge in [0.25, 0.3) is 0 Å². The van der Waals surface area contributed by atoms with Crippen LogP contribution in [-0.4, -0.2) is 47.0 Å². The average Bonchev–Trinajstić information content (AvgIpc) is 2.88. The number of morpholine rings is 1. The van der Waals surface area contributed by atoms with Crippen molar-refractivity contribution in [2.45, 2.75) is 45.4 Å². The van der Waals surface area contributed by atoms with Crippen LogP contribution in [-0.2, 0) is 4.74 Å². The molecule has 1 aliphatic heterocycles. The standard InChI is InChI=1S/C14H26N4O/c1-4-5-17-6-7-19-13(8-15)14(17)12-9-16-18(10-12)11(2)3/h9-11,13-14H,4-8,15H2,1-3H3. The lowest BCUT2D eigenvalue weighted by molar-refractivity contribution is -0.0676. The molecule has 5 heteroatoms. The largest absolute Gasteiger partial charge is 0.374 e. The van der Waals surface area contributed by atoms with Crippen LogP contribution in [0.3, 0.4) is 0 Å². The zero-order valence-electron chi connectivity index (χ0n) is 12.2. The molecular weight excluding hydrogens is 240 g/mol. The molecule has 0 amide bonds. The molecule has 108 valence electrons. The van der Waals surface area contributed by atoms with E-state index >= 15 is 0 Å². The summed E-state index contributed by atoms with van der Waals surface area (Å²) in [6, 6.07) is 0.625. The molecule has 0 bridgehead atoms. The van der Waals surface area contributed by atoms with Gasteiger partial charge in [0.2, 0.25) is 0 Å². The second kappa shape index (κ2) is 6.50. The summed E-state index contributed by atoms with van der Waals surface area (Å²) in [6.07, 6.45) is 5.32. The van der Waals surface area contributed by atoms with Crippen molar-refractivity contribution in [1.29, 1.82) is 0 Å². The van der Waals surface area contributed by atoms with Crippen molar-refractivity contribution in [2.75, 3.05) is 26.2 Å². The second-order valence-electron chi connectivity index (χ2n) is 5.47. The van der Waals surface area contributed by atoms with Gasteiger partial charge in [-0.25, -0.2) is 0 Å². The first kappa shape index (κ1) is 14.5. The molecule has 2 atom stereocenters. The summed E-state index contributed by atoms with van der Waals surface area (Å²) in [4.78, 5) is 2.47. The number of nitrogens with two attached hydrogens (primary N) is 1. The lowest BCUT2D eigenvalue weighted by Crippen LogP contribution is -2.48. The van der Waals surface area contributed by atoms with E-state index in [2.05, 4.69) is 37.0 Å². The van der Waals surface area contributed by atoms with Crippen LogP contribution >= 0.6 is 0 Å². The van der Waals surface area contributed by atoms with Crippen molar-refractivity contribution in [2.24, 2.45) is 5.73 Å². The summed E-state index contributed by atoms with van der Waals surface area (Å²) < 4.78 is 7.84. The highest BCUT2D eigenvalue weighted by molar-refractivity contribution is 5.14. The van der Waals surface area contributed by atoms with Crippen molar-refractivity contribution in [3.05, 3.63) is 18.0 Å². The molecule has 1 saturated heterocycles. The summed E-state index contributed by atoms with van der Waals surface area (Å²) in [5.41, 5.74) is 7.10. The Bertz CT molecular complexity index is 389. The van der Waals surface area contributed by atoms with Crippen molar-refractivity contribution < 1.29 is 4.74 Å². The maximum Gasteiger partial charge on any atom is 0.0895 e. The van der Waals surface area contributed by atoms with Gasteiger partial charge in [0.1, 0.15) is 0 Å². The Morgan fingerprint density at radius 1 is 1.53 bits per heavy atom. The molecule has 1 aliphatic rings. The smallest absolute Gasteiger partial charge is 0.0895 e. The summed E-state index contributed by atoms with van der Waals surface area (Å²) in [5.74, 6) is 0. The molecule has 0 spiro atoms. The quantitative estimate of drug-likeness (QED) is 0.879. The fourth-order valence-electron chi connectivity index (χ4n) is 2.74. The van der Waals surface area contributed by atoms with Gasteiger partial charge in [-0.2, -0.15) is 5.10 Å². The summed E-state index contributed by atoms with van der Waals surface area (Å²) >= 11 is 0. The molecule has 0 radical (unpaired) electrons. The van der Waals surface area contributed by atoms with Crippen LogP contribution in [0.25, 0.3) is 0 Å². The van der Waals surface area contributed by atoms with Gasteiger partial charge in [0, 0.05) is 30.9 Å². The van der Waals surface area contributed by atoms with E-state index < -0.39 is 0 Å². The van der Waals surface area contributed by atoms with E-state index in [0.29, 0.717) is 12.6 Å². The number of rotatable bonds is 5. The number of ether oxygens (including phenoxy) is 1. The van der Waals surface area contributed by atoms with E-state index in [0.717, 1.165) is 26.1 Å². The van der Waals surface area contributed by atoms with Crippen LogP contribution in [0, 0.1) is 0 Å². The average molecular weight is 266 g/mol. The molecule has 0 saturated carbocycles. The van der Waals surface area contributed by atoms with E-state index in [1.165, 1.54) is 5.56 Å². The molecule has 2 heterocycles. The highest BCUT2D eigenvalue weighted by atomic mass is 16.5. The van der Waals surface area contributed by atoms with Gasteiger partial charge in [-0.3, -0.25) is 9.58 Å². The van der Waals surface area contributed by atoms with Crippen LogP contribution in [0.15, 0.2) is 12.4 Å². The number of nitrogens with zero attached hydrogens (tertiary/aromatic N) is 3. The first-order valence-electron chi connectivity index (χ1n) is 7.27. The van der Waals surface area contributed by atoms with E-state index in [1.807, 2.05) is 10.9 Å². The summed E-state index contributed by atoms with van der Waals surface area (Å²) in [7, 11) is 0. The highest BCUT2D eigenvalue weighted by Crippen LogP contribution is 2.29. The topological polar surface area (TPSA) is 56.3 Å². The maximum absolute atomic E-state index is 5.88. The fourth-order valence-corrected chi connectivity index (χ4v) is 2.74. The Morgan fingerprint density at radius 3 is 2.89 bits per heavy atom. The Kier molecular flexibility index (Phi) is 4.96. The molecule has 1 aromatic rings. The van der Waals surface area contributed by atoms with Gasteiger partial charge in [-0.05, 0) is 26.8 Å². The van der Waals surface area contributed by atoms with Crippen molar-refractivity contribution in [1.82, 2.24) is 14.7 Å². The van der Waals surface area contributed by atoms with Crippen molar-refractivity contribution in [3.63, 3.8) is 0 Å². The van der Waals surface area contributed by atoms with E-state index in [9.17, 15) is 0 Å². The van der Waals surface area contributed by atoms with Gasteiger partial charge in [-0.1, -0.05) is 6.92 Å². The number of hydrogen-bond acceptors (Lipinski definition) is 4. The van der Waals surface area contributed by atoms with Crippen LogP contribution < -0.4 is 5.73 Å². The molecular formula is C14H26N4O. The highest BCUT2D eigenvalue weighted by Gasteiger charge is 2.33. The summed E-state index contributed by atoms with van der Waals surface area (Å²) in [5, 5.41) is 4.45. The normalized spacial score (nSPS) is 25.1. The van der Waals surface area contributed by atoms with Gasteiger partial charge < -0.3 is 10.5 Å². The minimum atomic E-state index is 0.0742. The minimum Gasteiger partial charge on any atom is -0.374 e. The third-order valence-electron chi connectivity index (χ3n) is 3.69. The molecule has 0 aliphatic carbocycles. The lowest BCUT2D eigenvalue weighted by atomic mass is 10.0. The predicted octanol–water partition coefficient (Wildman–Crippen LogP) is 1.57. The number of hydrogen-bond donors (Lipinski definition) is 1. The third-order valence-corrected chi connectivity index (χ3v) is 3.69. The number of aromatic nitrogens is 2. The molecule has 2 N–H and O–H groups in total. The monoisotopic (exact) mass is 266 g/mol.